The smallest absolute Gasteiger partial charge is 0.121 e. The van der Waals surface area contributed by atoms with Crippen LogP contribution < -0.4 is 10.5 Å². The molecule has 0 unspecified atom stereocenters. The standard InChI is InChI=1S/C13H16N2O2/c1-16-10-6-11(9-2-4-17-5-3-9)12(8-14)13(15)7-10/h6-7,9H,2-5,15H2,1H3. The number of nitriles is 1. The van der Waals surface area contributed by atoms with Crippen molar-refractivity contribution in [2.75, 3.05) is 26.1 Å². The summed E-state index contributed by atoms with van der Waals surface area (Å²) in [6, 6.07) is 5.81. The van der Waals surface area contributed by atoms with Gasteiger partial charge in [-0.25, -0.2) is 0 Å². The summed E-state index contributed by atoms with van der Waals surface area (Å²) >= 11 is 0. The maximum Gasteiger partial charge on any atom is 0.121 e. The van der Waals surface area contributed by atoms with Gasteiger partial charge in [-0.05, 0) is 30.4 Å². The van der Waals surface area contributed by atoms with Crippen molar-refractivity contribution in [2.24, 2.45) is 0 Å². The van der Waals surface area contributed by atoms with E-state index in [9.17, 15) is 5.26 Å². The van der Waals surface area contributed by atoms with E-state index in [0.717, 1.165) is 31.6 Å². The molecule has 1 fully saturated rings. The number of rotatable bonds is 2. The van der Waals surface area contributed by atoms with Crippen LogP contribution in [0.2, 0.25) is 0 Å². The quantitative estimate of drug-likeness (QED) is 0.792. The van der Waals surface area contributed by atoms with E-state index in [1.54, 1.807) is 13.2 Å². The highest BCUT2D eigenvalue weighted by atomic mass is 16.5. The second-order valence-electron chi connectivity index (χ2n) is 4.18. The molecule has 0 aromatic heterocycles. The molecule has 1 saturated heterocycles. The molecule has 0 aliphatic carbocycles. The minimum Gasteiger partial charge on any atom is -0.497 e. The predicted octanol–water partition coefficient (Wildman–Crippen LogP) is 2.04. The first-order valence-corrected chi connectivity index (χ1v) is 5.71. The summed E-state index contributed by atoms with van der Waals surface area (Å²) in [5.41, 5.74) is 7.95. The van der Waals surface area contributed by atoms with E-state index in [-0.39, 0.29) is 0 Å². The molecule has 1 aliphatic rings. The van der Waals surface area contributed by atoms with Crippen LogP contribution in [0.3, 0.4) is 0 Å². The summed E-state index contributed by atoms with van der Waals surface area (Å²) in [5, 5.41) is 9.19. The van der Waals surface area contributed by atoms with Crippen LogP contribution in [0.15, 0.2) is 12.1 Å². The fourth-order valence-corrected chi connectivity index (χ4v) is 2.24. The van der Waals surface area contributed by atoms with Crippen LogP contribution >= 0.6 is 0 Å². The first kappa shape index (κ1) is 11.7. The van der Waals surface area contributed by atoms with Gasteiger partial charge in [-0.1, -0.05) is 0 Å². The molecular formula is C13H16N2O2. The number of ether oxygens (including phenoxy) is 2. The van der Waals surface area contributed by atoms with Crippen LogP contribution in [-0.2, 0) is 4.74 Å². The number of hydrogen-bond acceptors (Lipinski definition) is 4. The Morgan fingerprint density at radius 3 is 2.71 bits per heavy atom. The monoisotopic (exact) mass is 232 g/mol. The maximum absolute atomic E-state index is 9.19. The largest absolute Gasteiger partial charge is 0.497 e. The fourth-order valence-electron chi connectivity index (χ4n) is 2.24. The Kier molecular flexibility index (Phi) is 3.50. The van der Waals surface area contributed by atoms with Gasteiger partial charge in [-0.15, -0.1) is 0 Å². The number of hydrogen-bond donors (Lipinski definition) is 1. The van der Waals surface area contributed by atoms with Crippen molar-refractivity contribution in [1.82, 2.24) is 0 Å². The molecule has 4 nitrogen and oxygen atoms in total. The van der Waals surface area contributed by atoms with Crippen molar-refractivity contribution in [3.05, 3.63) is 23.3 Å². The average molecular weight is 232 g/mol. The molecular weight excluding hydrogens is 216 g/mol. The highest BCUT2D eigenvalue weighted by molar-refractivity contribution is 5.62. The van der Waals surface area contributed by atoms with E-state index >= 15 is 0 Å². The second-order valence-corrected chi connectivity index (χ2v) is 4.18. The molecule has 1 aromatic carbocycles. The van der Waals surface area contributed by atoms with Gasteiger partial charge < -0.3 is 15.2 Å². The zero-order valence-electron chi connectivity index (χ0n) is 9.90. The summed E-state index contributed by atoms with van der Waals surface area (Å²) in [7, 11) is 1.61. The molecule has 2 rings (SSSR count). The Labute approximate surface area is 101 Å². The zero-order chi connectivity index (χ0) is 12.3. The molecule has 0 bridgehead atoms. The number of nitrogen functional groups attached to an aromatic ring is 1. The second kappa shape index (κ2) is 5.07. The molecule has 1 aliphatic heterocycles. The number of nitrogens with zero attached hydrogens (tertiary/aromatic N) is 1. The molecule has 0 amide bonds. The van der Waals surface area contributed by atoms with Crippen molar-refractivity contribution in [3.63, 3.8) is 0 Å². The Morgan fingerprint density at radius 2 is 2.12 bits per heavy atom. The highest BCUT2D eigenvalue weighted by Gasteiger charge is 2.21. The normalized spacial score (nSPS) is 16.5. The highest BCUT2D eigenvalue weighted by Crippen LogP contribution is 2.34. The summed E-state index contributed by atoms with van der Waals surface area (Å²) in [5.74, 6) is 1.05. The van der Waals surface area contributed by atoms with E-state index in [2.05, 4.69) is 6.07 Å². The lowest BCUT2D eigenvalue weighted by molar-refractivity contribution is 0.0852. The minimum absolute atomic E-state index is 0.343. The Morgan fingerprint density at radius 1 is 1.41 bits per heavy atom. The van der Waals surface area contributed by atoms with Crippen LogP contribution in [0.25, 0.3) is 0 Å². The lowest BCUT2D eigenvalue weighted by atomic mass is 9.88. The lowest BCUT2D eigenvalue weighted by Crippen LogP contribution is -2.15. The van der Waals surface area contributed by atoms with Gasteiger partial charge in [-0.3, -0.25) is 0 Å². The van der Waals surface area contributed by atoms with Crippen molar-refractivity contribution in [2.45, 2.75) is 18.8 Å². The predicted molar refractivity (Wildman–Crippen MR) is 64.9 cm³/mol. The number of methoxy groups -OCH3 is 1. The summed E-state index contributed by atoms with van der Waals surface area (Å²) < 4.78 is 10.5. The fraction of sp³-hybridized carbons (Fsp3) is 0.462. The third kappa shape index (κ3) is 2.34. The van der Waals surface area contributed by atoms with Crippen LogP contribution in [0.4, 0.5) is 5.69 Å². The van der Waals surface area contributed by atoms with E-state index < -0.39 is 0 Å². The third-order valence-electron chi connectivity index (χ3n) is 3.18. The zero-order valence-corrected chi connectivity index (χ0v) is 9.90. The Balaban J connectivity index is 2.42. The van der Waals surface area contributed by atoms with Crippen LogP contribution in [0.5, 0.6) is 5.75 Å². The topological polar surface area (TPSA) is 68.3 Å². The summed E-state index contributed by atoms with van der Waals surface area (Å²) in [6.07, 6.45) is 1.86. The molecule has 0 saturated carbocycles. The molecule has 2 N–H and O–H groups in total. The third-order valence-corrected chi connectivity index (χ3v) is 3.18. The van der Waals surface area contributed by atoms with Crippen molar-refractivity contribution < 1.29 is 9.47 Å². The summed E-state index contributed by atoms with van der Waals surface area (Å²) in [4.78, 5) is 0. The van der Waals surface area contributed by atoms with Gasteiger partial charge in [0.15, 0.2) is 0 Å². The molecule has 90 valence electrons. The van der Waals surface area contributed by atoms with Gasteiger partial charge >= 0.3 is 0 Å². The molecule has 17 heavy (non-hydrogen) atoms. The lowest BCUT2D eigenvalue weighted by Gasteiger charge is -2.24. The SMILES string of the molecule is COc1cc(N)c(C#N)c(C2CCOCC2)c1. The Bertz CT molecular complexity index is 445. The number of anilines is 1. The molecule has 0 atom stereocenters. The van der Waals surface area contributed by atoms with Gasteiger partial charge in [0, 0.05) is 19.3 Å². The summed E-state index contributed by atoms with van der Waals surface area (Å²) in [6.45, 7) is 1.49. The van der Waals surface area contributed by atoms with E-state index in [4.69, 9.17) is 15.2 Å². The van der Waals surface area contributed by atoms with Gasteiger partial charge in [0.1, 0.15) is 11.8 Å². The van der Waals surface area contributed by atoms with E-state index in [1.165, 1.54) is 0 Å². The first-order valence-electron chi connectivity index (χ1n) is 5.71. The average Bonchev–Trinajstić information content (AvgIpc) is 2.38. The molecule has 0 radical (unpaired) electrons. The van der Waals surface area contributed by atoms with Crippen molar-refractivity contribution in [3.8, 4) is 11.8 Å². The van der Waals surface area contributed by atoms with E-state index in [0.29, 0.717) is 22.9 Å². The molecule has 4 heteroatoms. The molecule has 1 aromatic rings. The van der Waals surface area contributed by atoms with Crippen molar-refractivity contribution in [1.29, 1.82) is 5.26 Å². The number of benzene rings is 1. The Hall–Kier alpha value is -1.73. The van der Waals surface area contributed by atoms with Crippen molar-refractivity contribution >= 4 is 5.69 Å². The van der Waals surface area contributed by atoms with Gasteiger partial charge in [0.25, 0.3) is 0 Å². The van der Waals surface area contributed by atoms with Gasteiger partial charge in [0.05, 0.1) is 18.4 Å². The van der Waals surface area contributed by atoms with E-state index in [1.807, 2.05) is 6.07 Å². The number of nitrogens with two attached hydrogens (primary N) is 1. The van der Waals surface area contributed by atoms with Gasteiger partial charge in [0.2, 0.25) is 0 Å². The first-order chi connectivity index (χ1) is 8.26. The van der Waals surface area contributed by atoms with Crippen LogP contribution in [0, 0.1) is 11.3 Å². The van der Waals surface area contributed by atoms with Gasteiger partial charge in [-0.2, -0.15) is 5.26 Å². The van der Waals surface area contributed by atoms with Crippen LogP contribution in [-0.4, -0.2) is 20.3 Å². The minimum atomic E-state index is 0.343. The molecule has 0 spiro atoms. The maximum atomic E-state index is 9.19. The molecule has 1 heterocycles. The van der Waals surface area contributed by atoms with Crippen LogP contribution in [0.1, 0.15) is 29.9 Å².